The first-order valence-corrected chi connectivity index (χ1v) is 8.70. The number of nitrogens with zero attached hydrogens (tertiary/aromatic N) is 3. The number of likely N-dealkylation sites (tertiary alicyclic amines) is 1. The van der Waals surface area contributed by atoms with E-state index in [4.69, 9.17) is 4.74 Å². The molecule has 2 aromatic rings. The fourth-order valence-electron chi connectivity index (χ4n) is 3.60. The molecule has 0 spiro atoms. The largest absolute Gasteiger partial charge is 0.373 e. The second kappa shape index (κ2) is 7.25. The molecule has 7 nitrogen and oxygen atoms in total. The van der Waals surface area contributed by atoms with Gasteiger partial charge >= 0.3 is 6.03 Å². The van der Waals surface area contributed by atoms with Gasteiger partial charge in [0.15, 0.2) is 0 Å². The van der Waals surface area contributed by atoms with Crippen LogP contribution in [0.4, 0.5) is 4.79 Å². The molecular weight excluding hydrogens is 318 g/mol. The average Bonchev–Trinajstić information content (AvgIpc) is 3.30. The maximum absolute atomic E-state index is 12.5. The maximum atomic E-state index is 12.5. The van der Waals surface area contributed by atoms with E-state index in [1.807, 2.05) is 17.0 Å². The lowest BCUT2D eigenvalue weighted by Crippen LogP contribution is -2.50. The van der Waals surface area contributed by atoms with Crippen molar-refractivity contribution >= 4 is 6.03 Å². The third-order valence-electron chi connectivity index (χ3n) is 4.92. The van der Waals surface area contributed by atoms with Gasteiger partial charge in [0.1, 0.15) is 0 Å². The van der Waals surface area contributed by atoms with Crippen LogP contribution >= 0.6 is 0 Å². The van der Waals surface area contributed by atoms with E-state index in [1.165, 1.54) is 5.56 Å². The molecular formula is C18H23N5O2. The fourth-order valence-corrected chi connectivity index (χ4v) is 3.60. The number of carbonyl (C=O) groups excluding carboxylic acids is 1. The monoisotopic (exact) mass is 341 g/mol. The Kier molecular flexibility index (Phi) is 4.67. The molecule has 2 N–H and O–H groups in total. The minimum absolute atomic E-state index is 0.0488. The summed E-state index contributed by atoms with van der Waals surface area (Å²) in [5.74, 6) is 0. The second-order valence-electron chi connectivity index (χ2n) is 6.58. The third kappa shape index (κ3) is 3.67. The number of aromatic nitrogens is 2. The van der Waals surface area contributed by atoms with E-state index in [1.54, 1.807) is 6.20 Å². The van der Waals surface area contributed by atoms with Crippen molar-refractivity contribution in [2.45, 2.75) is 25.2 Å². The van der Waals surface area contributed by atoms with E-state index in [-0.39, 0.29) is 18.2 Å². The van der Waals surface area contributed by atoms with Crippen molar-refractivity contribution in [1.82, 2.24) is 25.3 Å². The average molecular weight is 341 g/mol. The van der Waals surface area contributed by atoms with Crippen LogP contribution in [0.2, 0.25) is 0 Å². The van der Waals surface area contributed by atoms with E-state index in [0.29, 0.717) is 19.6 Å². The van der Waals surface area contributed by atoms with Crippen molar-refractivity contribution in [2.24, 2.45) is 0 Å². The van der Waals surface area contributed by atoms with Gasteiger partial charge in [-0.1, -0.05) is 30.3 Å². The van der Waals surface area contributed by atoms with Gasteiger partial charge < -0.3 is 15.0 Å². The third-order valence-corrected chi connectivity index (χ3v) is 4.92. The summed E-state index contributed by atoms with van der Waals surface area (Å²) in [7, 11) is 0. The summed E-state index contributed by atoms with van der Waals surface area (Å²) in [5, 5.41) is 9.68. The van der Waals surface area contributed by atoms with Crippen molar-refractivity contribution in [1.29, 1.82) is 0 Å². The van der Waals surface area contributed by atoms with Crippen LogP contribution in [0.5, 0.6) is 0 Å². The molecule has 0 aliphatic carbocycles. The Bertz CT molecular complexity index is 691. The van der Waals surface area contributed by atoms with Gasteiger partial charge in [0.05, 0.1) is 37.5 Å². The summed E-state index contributed by atoms with van der Waals surface area (Å²) in [6.07, 6.45) is 1.77. The van der Waals surface area contributed by atoms with Crippen molar-refractivity contribution in [2.75, 3.05) is 26.2 Å². The summed E-state index contributed by atoms with van der Waals surface area (Å²) >= 11 is 0. The highest BCUT2D eigenvalue weighted by molar-refractivity contribution is 5.74. The lowest BCUT2D eigenvalue weighted by molar-refractivity contribution is -0.0503. The van der Waals surface area contributed by atoms with Crippen molar-refractivity contribution in [3.05, 3.63) is 53.9 Å². The Balaban J connectivity index is 1.36. The highest BCUT2D eigenvalue weighted by atomic mass is 16.5. The van der Waals surface area contributed by atoms with E-state index < -0.39 is 0 Å². The molecule has 1 aromatic carbocycles. The zero-order valence-electron chi connectivity index (χ0n) is 14.1. The molecule has 0 saturated carbocycles. The van der Waals surface area contributed by atoms with Crippen molar-refractivity contribution in [3.8, 4) is 0 Å². The van der Waals surface area contributed by atoms with Gasteiger partial charge in [-0.2, -0.15) is 5.10 Å². The normalized spacial score (nSPS) is 23.4. The number of carbonyl (C=O) groups is 1. The number of benzene rings is 1. The summed E-state index contributed by atoms with van der Waals surface area (Å²) < 4.78 is 5.92. The predicted octanol–water partition coefficient (Wildman–Crippen LogP) is 1.20. The van der Waals surface area contributed by atoms with Crippen LogP contribution in [-0.4, -0.2) is 64.4 Å². The molecule has 0 radical (unpaired) electrons. The number of urea groups is 1. The Labute approximate surface area is 147 Å². The predicted molar refractivity (Wildman–Crippen MR) is 92.8 cm³/mol. The van der Waals surface area contributed by atoms with Crippen LogP contribution in [0.15, 0.2) is 42.6 Å². The highest BCUT2D eigenvalue weighted by Gasteiger charge is 2.41. The molecule has 2 amide bonds. The topological polar surface area (TPSA) is 73.5 Å². The molecule has 7 heteroatoms. The molecule has 1 aromatic heterocycles. The molecule has 2 fully saturated rings. The molecule has 4 rings (SSSR count). The van der Waals surface area contributed by atoms with E-state index in [2.05, 4.69) is 44.7 Å². The lowest BCUT2D eigenvalue weighted by atomic mass is 10.1. The van der Waals surface area contributed by atoms with Gasteiger partial charge in [-0.15, -0.1) is 0 Å². The molecule has 3 heterocycles. The van der Waals surface area contributed by atoms with Gasteiger partial charge in [-0.05, 0) is 11.6 Å². The van der Waals surface area contributed by atoms with E-state index >= 15 is 0 Å². The van der Waals surface area contributed by atoms with Crippen LogP contribution in [-0.2, 0) is 17.8 Å². The second-order valence-corrected chi connectivity index (χ2v) is 6.58. The van der Waals surface area contributed by atoms with Gasteiger partial charge in [-0.25, -0.2) is 4.79 Å². The molecule has 0 bridgehead atoms. The minimum atomic E-state index is -0.0488. The number of H-pyrrole nitrogens is 1. The van der Waals surface area contributed by atoms with Crippen LogP contribution in [0, 0.1) is 0 Å². The number of nitrogens with one attached hydrogen (secondary N) is 2. The summed E-state index contributed by atoms with van der Waals surface area (Å²) in [6.45, 7) is 4.32. The standard InChI is InChI=1S/C18H23N5O2/c24-18(19-10-15-6-7-20-21-15)23-12-16-17(13-23)25-9-8-22(16)11-14-4-2-1-3-5-14/h1-7,16-17H,8-13H2,(H,19,24)(H,20,21)/t16-,17+/m1/s1. The number of amides is 2. The number of morpholine rings is 1. The summed E-state index contributed by atoms with van der Waals surface area (Å²) in [6, 6.07) is 12.5. The van der Waals surface area contributed by atoms with Gasteiger partial charge in [0.25, 0.3) is 0 Å². The minimum Gasteiger partial charge on any atom is -0.373 e. The molecule has 2 saturated heterocycles. The Morgan fingerprint density at radius 1 is 1.28 bits per heavy atom. The smallest absolute Gasteiger partial charge is 0.317 e. The Morgan fingerprint density at radius 2 is 2.16 bits per heavy atom. The van der Waals surface area contributed by atoms with E-state index in [0.717, 1.165) is 25.4 Å². The number of hydrogen-bond donors (Lipinski definition) is 2. The van der Waals surface area contributed by atoms with E-state index in [9.17, 15) is 4.79 Å². The molecule has 2 aliphatic rings. The zero-order valence-corrected chi connectivity index (χ0v) is 14.1. The molecule has 0 unspecified atom stereocenters. The number of rotatable bonds is 4. The first kappa shape index (κ1) is 16.1. The summed E-state index contributed by atoms with van der Waals surface area (Å²) in [5.41, 5.74) is 2.19. The zero-order chi connectivity index (χ0) is 17.1. The summed E-state index contributed by atoms with van der Waals surface area (Å²) in [4.78, 5) is 16.7. The number of ether oxygens (including phenoxy) is 1. The van der Waals surface area contributed by atoms with Gasteiger partial charge in [-0.3, -0.25) is 10.00 Å². The Morgan fingerprint density at radius 3 is 2.96 bits per heavy atom. The SMILES string of the molecule is O=C(NCc1ccn[nH]1)N1C[C@@H]2OCCN(Cc3ccccc3)[C@@H]2C1. The molecule has 25 heavy (non-hydrogen) atoms. The van der Waals surface area contributed by atoms with Crippen molar-refractivity contribution < 1.29 is 9.53 Å². The van der Waals surface area contributed by atoms with Crippen LogP contribution in [0.25, 0.3) is 0 Å². The molecule has 132 valence electrons. The first-order valence-electron chi connectivity index (χ1n) is 8.70. The highest BCUT2D eigenvalue weighted by Crippen LogP contribution is 2.24. The van der Waals surface area contributed by atoms with Crippen molar-refractivity contribution in [3.63, 3.8) is 0 Å². The maximum Gasteiger partial charge on any atom is 0.317 e. The number of hydrogen-bond acceptors (Lipinski definition) is 4. The van der Waals surface area contributed by atoms with Crippen LogP contribution < -0.4 is 5.32 Å². The molecule has 2 atom stereocenters. The van der Waals surface area contributed by atoms with Gasteiger partial charge in [0, 0.05) is 25.8 Å². The van der Waals surface area contributed by atoms with Crippen LogP contribution in [0.3, 0.4) is 0 Å². The quantitative estimate of drug-likeness (QED) is 0.877. The lowest BCUT2D eigenvalue weighted by Gasteiger charge is -2.36. The first-order chi connectivity index (χ1) is 12.3. The van der Waals surface area contributed by atoms with Crippen LogP contribution in [0.1, 0.15) is 11.3 Å². The number of fused-ring (bicyclic) bond motifs is 1. The number of aromatic amines is 1. The molecule has 2 aliphatic heterocycles. The fraction of sp³-hybridized carbons (Fsp3) is 0.444. The van der Waals surface area contributed by atoms with Gasteiger partial charge in [0.2, 0.25) is 0 Å². The Hall–Kier alpha value is -2.38.